The second-order valence-corrected chi connectivity index (χ2v) is 3.37. The summed E-state index contributed by atoms with van der Waals surface area (Å²) < 4.78 is 0. The average molecular weight is 187 g/mol. The van der Waals surface area contributed by atoms with E-state index in [1.54, 1.807) is 0 Å². The molecule has 14 heavy (non-hydrogen) atoms. The number of terminal acetylenes is 1. The van der Waals surface area contributed by atoms with Gasteiger partial charge in [-0.25, -0.2) is 0 Å². The maximum Gasteiger partial charge on any atom is 0.0369 e. The Balaban J connectivity index is 2.74. The minimum absolute atomic E-state index is 0.807. The SMILES string of the molecule is C#CCCN(CC)c1cccc(C)c1. The molecule has 0 heterocycles. The smallest absolute Gasteiger partial charge is 0.0369 e. The number of nitrogens with zero attached hydrogens (tertiary/aromatic N) is 1. The summed E-state index contributed by atoms with van der Waals surface area (Å²) >= 11 is 0. The van der Waals surface area contributed by atoms with Crippen molar-refractivity contribution in [3.63, 3.8) is 0 Å². The van der Waals surface area contributed by atoms with Crippen molar-refractivity contribution >= 4 is 5.69 Å². The van der Waals surface area contributed by atoms with E-state index in [-0.39, 0.29) is 0 Å². The Kier molecular flexibility index (Phi) is 4.07. The van der Waals surface area contributed by atoms with Crippen LogP contribution in [0.5, 0.6) is 0 Å². The van der Waals surface area contributed by atoms with Crippen molar-refractivity contribution in [1.29, 1.82) is 0 Å². The van der Waals surface area contributed by atoms with E-state index in [0.29, 0.717) is 0 Å². The van der Waals surface area contributed by atoms with E-state index < -0.39 is 0 Å². The van der Waals surface area contributed by atoms with E-state index >= 15 is 0 Å². The summed E-state index contributed by atoms with van der Waals surface area (Å²) in [5, 5.41) is 0. The van der Waals surface area contributed by atoms with Gasteiger partial charge in [0, 0.05) is 25.2 Å². The van der Waals surface area contributed by atoms with Gasteiger partial charge < -0.3 is 4.90 Å². The highest BCUT2D eigenvalue weighted by molar-refractivity contribution is 5.48. The number of benzene rings is 1. The number of hydrogen-bond acceptors (Lipinski definition) is 1. The van der Waals surface area contributed by atoms with Crippen LogP contribution in [0.1, 0.15) is 18.9 Å². The third kappa shape index (κ3) is 2.81. The van der Waals surface area contributed by atoms with Gasteiger partial charge in [-0.3, -0.25) is 0 Å². The first-order chi connectivity index (χ1) is 6.77. The fourth-order valence-corrected chi connectivity index (χ4v) is 1.49. The number of anilines is 1. The van der Waals surface area contributed by atoms with Gasteiger partial charge in [-0.05, 0) is 31.5 Å². The molecular formula is C13H17N. The predicted octanol–water partition coefficient (Wildman–Crippen LogP) is 2.84. The van der Waals surface area contributed by atoms with Gasteiger partial charge in [0.15, 0.2) is 0 Å². The lowest BCUT2D eigenvalue weighted by Crippen LogP contribution is -2.23. The first kappa shape index (κ1) is 10.7. The van der Waals surface area contributed by atoms with E-state index in [2.05, 4.69) is 48.9 Å². The van der Waals surface area contributed by atoms with E-state index in [1.807, 2.05) is 0 Å². The molecule has 0 aromatic heterocycles. The number of aryl methyl sites for hydroxylation is 1. The van der Waals surface area contributed by atoms with Crippen LogP contribution in [0, 0.1) is 19.3 Å². The molecule has 0 bridgehead atoms. The Morgan fingerprint density at radius 3 is 2.79 bits per heavy atom. The zero-order valence-electron chi connectivity index (χ0n) is 8.96. The van der Waals surface area contributed by atoms with Crippen molar-refractivity contribution in [3.05, 3.63) is 29.8 Å². The van der Waals surface area contributed by atoms with E-state index in [4.69, 9.17) is 6.42 Å². The minimum atomic E-state index is 0.807. The molecule has 0 fully saturated rings. The van der Waals surface area contributed by atoms with Gasteiger partial charge >= 0.3 is 0 Å². The van der Waals surface area contributed by atoms with Gasteiger partial charge in [-0.15, -0.1) is 12.3 Å². The van der Waals surface area contributed by atoms with Crippen LogP contribution < -0.4 is 4.90 Å². The molecule has 0 atom stereocenters. The van der Waals surface area contributed by atoms with E-state index in [0.717, 1.165) is 19.5 Å². The monoisotopic (exact) mass is 187 g/mol. The maximum atomic E-state index is 5.26. The summed E-state index contributed by atoms with van der Waals surface area (Å²) in [6.07, 6.45) is 6.07. The molecule has 1 nitrogen and oxygen atoms in total. The second kappa shape index (κ2) is 5.34. The van der Waals surface area contributed by atoms with Crippen LogP contribution in [0.4, 0.5) is 5.69 Å². The molecule has 0 amide bonds. The second-order valence-electron chi connectivity index (χ2n) is 3.37. The van der Waals surface area contributed by atoms with Gasteiger partial charge in [-0.2, -0.15) is 0 Å². The van der Waals surface area contributed by atoms with Crippen LogP contribution >= 0.6 is 0 Å². The van der Waals surface area contributed by atoms with Crippen LogP contribution in [0.3, 0.4) is 0 Å². The molecule has 0 unspecified atom stereocenters. The topological polar surface area (TPSA) is 3.24 Å². The molecule has 1 heteroatoms. The quantitative estimate of drug-likeness (QED) is 0.655. The zero-order valence-corrected chi connectivity index (χ0v) is 8.96. The normalized spacial score (nSPS) is 9.50. The number of hydrogen-bond donors (Lipinski definition) is 0. The molecule has 0 radical (unpaired) electrons. The van der Waals surface area contributed by atoms with Crippen LogP contribution in [0.2, 0.25) is 0 Å². The van der Waals surface area contributed by atoms with Crippen molar-refractivity contribution in [2.45, 2.75) is 20.3 Å². The van der Waals surface area contributed by atoms with Crippen molar-refractivity contribution in [3.8, 4) is 12.3 Å². The lowest BCUT2D eigenvalue weighted by molar-refractivity contribution is 0.831. The summed E-state index contributed by atoms with van der Waals surface area (Å²) in [5.74, 6) is 2.68. The molecular weight excluding hydrogens is 170 g/mol. The van der Waals surface area contributed by atoms with Crippen molar-refractivity contribution in [1.82, 2.24) is 0 Å². The summed E-state index contributed by atoms with van der Waals surface area (Å²) in [6, 6.07) is 8.52. The molecule has 1 rings (SSSR count). The van der Waals surface area contributed by atoms with E-state index in [1.165, 1.54) is 11.3 Å². The Labute approximate surface area is 86.7 Å². The molecule has 0 N–H and O–H groups in total. The molecule has 74 valence electrons. The first-order valence-corrected chi connectivity index (χ1v) is 5.03. The Hall–Kier alpha value is -1.42. The Morgan fingerprint density at radius 1 is 1.43 bits per heavy atom. The van der Waals surface area contributed by atoms with E-state index in [9.17, 15) is 0 Å². The van der Waals surface area contributed by atoms with Crippen LogP contribution in [0.25, 0.3) is 0 Å². The third-order valence-corrected chi connectivity index (χ3v) is 2.27. The standard InChI is InChI=1S/C13H17N/c1-4-6-10-14(5-2)13-9-7-8-12(3)11-13/h1,7-9,11H,5-6,10H2,2-3H3. The van der Waals surface area contributed by atoms with Gasteiger partial charge in [0.25, 0.3) is 0 Å². The molecule has 1 aromatic rings. The summed E-state index contributed by atoms with van der Waals surface area (Å²) in [5.41, 5.74) is 2.56. The van der Waals surface area contributed by atoms with Gasteiger partial charge in [-0.1, -0.05) is 12.1 Å². The van der Waals surface area contributed by atoms with Crippen LogP contribution in [-0.4, -0.2) is 13.1 Å². The van der Waals surface area contributed by atoms with Gasteiger partial charge in [0.1, 0.15) is 0 Å². The minimum Gasteiger partial charge on any atom is -0.371 e. The molecule has 0 saturated heterocycles. The Morgan fingerprint density at radius 2 is 2.21 bits per heavy atom. The van der Waals surface area contributed by atoms with Gasteiger partial charge in [0.2, 0.25) is 0 Å². The summed E-state index contributed by atoms with van der Waals surface area (Å²) in [4.78, 5) is 2.30. The molecule has 0 saturated carbocycles. The lowest BCUT2D eigenvalue weighted by atomic mass is 10.2. The highest BCUT2D eigenvalue weighted by Crippen LogP contribution is 2.15. The molecule has 0 spiro atoms. The van der Waals surface area contributed by atoms with Crippen LogP contribution in [-0.2, 0) is 0 Å². The molecule has 0 aliphatic rings. The Bertz CT molecular complexity index is 322. The fraction of sp³-hybridized carbons (Fsp3) is 0.385. The first-order valence-electron chi connectivity index (χ1n) is 5.03. The maximum absolute atomic E-state index is 5.26. The zero-order chi connectivity index (χ0) is 10.4. The van der Waals surface area contributed by atoms with Crippen molar-refractivity contribution in [2.24, 2.45) is 0 Å². The van der Waals surface area contributed by atoms with Crippen molar-refractivity contribution < 1.29 is 0 Å². The largest absolute Gasteiger partial charge is 0.371 e. The lowest BCUT2D eigenvalue weighted by Gasteiger charge is -2.22. The fourth-order valence-electron chi connectivity index (χ4n) is 1.49. The number of rotatable bonds is 4. The summed E-state index contributed by atoms with van der Waals surface area (Å²) in [6.45, 7) is 6.21. The van der Waals surface area contributed by atoms with Gasteiger partial charge in [0.05, 0.1) is 0 Å². The summed E-state index contributed by atoms with van der Waals surface area (Å²) in [7, 11) is 0. The average Bonchev–Trinajstić information content (AvgIpc) is 2.19. The van der Waals surface area contributed by atoms with Crippen molar-refractivity contribution in [2.75, 3.05) is 18.0 Å². The van der Waals surface area contributed by atoms with Crippen LogP contribution in [0.15, 0.2) is 24.3 Å². The third-order valence-electron chi connectivity index (χ3n) is 2.27. The predicted molar refractivity (Wildman–Crippen MR) is 62.5 cm³/mol. The highest BCUT2D eigenvalue weighted by atomic mass is 15.1. The molecule has 1 aromatic carbocycles. The molecule has 0 aliphatic heterocycles. The molecule has 0 aliphatic carbocycles. The highest BCUT2D eigenvalue weighted by Gasteiger charge is 2.02.